The first kappa shape index (κ1) is 16.7. The van der Waals surface area contributed by atoms with Crippen LogP contribution in [0.5, 0.6) is 0 Å². The molecule has 0 aliphatic carbocycles. The summed E-state index contributed by atoms with van der Waals surface area (Å²) in [6.07, 6.45) is 1.99. The predicted octanol–water partition coefficient (Wildman–Crippen LogP) is 1.95. The quantitative estimate of drug-likeness (QED) is 0.827. The molecule has 1 aromatic rings. The molecule has 2 atom stereocenters. The van der Waals surface area contributed by atoms with E-state index in [0.717, 1.165) is 19.4 Å². The van der Waals surface area contributed by atoms with Crippen molar-refractivity contribution in [1.82, 2.24) is 4.90 Å². The van der Waals surface area contributed by atoms with E-state index in [1.807, 2.05) is 11.0 Å². The molecule has 126 valence electrons. The molecule has 3 rings (SSSR count). The minimum atomic E-state index is -3.13. The summed E-state index contributed by atoms with van der Waals surface area (Å²) in [5, 5.41) is 0.543. The van der Waals surface area contributed by atoms with Crippen LogP contribution in [0.4, 0.5) is 5.69 Å². The van der Waals surface area contributed by atoms with Gasteiger partial charge in [-0.2, -0.15) is 0 Å². The Labute approximate surface area is 142 Å². The van der Waals surface area contributed by atoms with Gasteiger partial charge in [-0.15, -0.1) is 0 Å². The van der Waals surface area contributed by atoms with Gasteiger partial charge in [0, 0.05) is 16.8 Å². The fraction of sp³-hybridized carbons (Fsp3) is 0.562. The number of carbonyl (C=O) groups excluding carboxylic acids is 1. The Balaban J connectivity index is 1.94. The van der Waals surface area contributed by atoms with Crippen molar-refractivity contribution in [2.24, 2.45) is 0 Å². The molecule has 23 heavy (non-hydrogen) atoms. The molecule has 5 nitrogen and oxygen atoms in total. The van der Waals surface area contributed by atoms with Gasteiger partial charge in [0.25, 0.3) is 0 Å². The number of nitrogens with zero attached hydrogens (tertiary/aromatic N) is 2. The zero-order valence-corrected chi connectivity index (χ0v) is 14.7. The number of sulfone groups is 1. The molecule has 1 aromatic carbocycles. The van der Waals surface area contributed by atoms with E-state index in [1.54, 1.807) is 23.1 Å². The van der Waals surface area contributed by atoms with Gasteiger partial charge in [0.15, 0.2) is 9.84 Å². The van der Waals surface area contributed by atoms with Crippen molar-refractivity contribution < 1.29 is 13.2 Å². The molecule has 0 bridgehead atoms. The Hall–Kier alpha value is -1.11. The van der Waals surface area contributed by atoms with Gasteiger partial charge in [0.2, 0.25) is 5.91 Å². The Morgan fingerprint density at radius 2 is 2.00 bits per heavy atom. The van der Waals surface area contributed by atoms with Gasteiger partial charge in [0.1, 0.15) is 0 Å². The van der Waals surface area contributed by atoms with Gasteiger partial charge < -0.3 is 4.90 Å². The summed E-state index contributed by atoms with van der Waals surface area (Å²) in [5.74, 6) is 0.103. The molecule has 2 saturated heterocycles. The molecule has 0 spiro atoms. The molecule has 2 fully saturated rings. The lowest BCUT2D eigenvalue weighted by Crippen LogP contribution is -2.62. The lowest BCUT2D eigenvalue weighted by atomic mass is 10.0. The highest BCUT2D eigenvalue weighted by atomic mass is 35.5. The number of rotatable bonds is 4. The van der Waals surface area contributed by atoms with Gasteiger partial charge in [-0.1, -0.05) is 31.0 Å². The van der Waals surface area contributed by atoms with E-state index in [9.17, 15) is 13.2 Å². The average molecular weight is 357 g/mol. The maximum absolute atomic E-state index is 12.7. The lowest BCUT2D eigenvalue weighted by Gasteiger charge is -2.43. The van der Waals surface area contributed by atoms with Crippen LogP contribution in [0, 0.1) is 0 Å². The van der Waals surface area contributed by atoms with Crippen LogP contribution in [0.3, 0.4) is 0 Å². The monoisotopic (exact) mass is 356 g/mol. The topological polar surface area (TPSA) is 57.7 Å². The number of fused-ring (bicyclic) bond motifs is 1. The largest absolute Gasteiger partial charge is 0.306 e. The first-order valence-corrected chi connectivity index (χ1v) is 10.1. The second-order valence-corrected chi connectivity index (χ2v) is 8.87. The standard InChI is InChI=1S/C16H21ClN2O3S/c1-2-3-7-18-9-16(20)19(13-6-4-5-12(17)8-13)15-11-23(21,22)10-14(15)18/h4-6,8,14-15H,2-3,7,9-11H2,1H3/t14-,15+/m0/s1. The summed E-state index contributed by atoms with van der Waals surface area (Å²) < 4.78 is 24.4. The molecule has 1 amide bonds. The van der Waals surface area contributed by atoms with Gasteiger partial charge in [-0.05, 0) is 31.2 Å². The van der Waals surface area contributed by atoms with E-state index < -0.39 is 9.84 Å². The molecule has 2 heterocycles. The Kier molecular flexibility index (Phi) is 4.67. The summed E-state index contributed by atoms with van der Waals surface area (Å²) in [6.45, 7) is 3.12. The van der Waals surface area contributed by atoms with E-state index in [0.29, 0.717) is 10.7 Å². The summed E-state index contributed by atoms with van der Waals surface area (Å²) >= 11 is 6.04. The molecule has 0 aromatic heterocycles. The van der Waals surface area contributed by atoms with Crippen molar-refractivity contribution in [3.63, 3.8) is 0 Å². The zero-order chi connectivity index (χ0) is 16.6. The molecule has 0 radical (unpaired) electrons. The molecule has 0 unspecified atom stereocenters. The Morgan fingerprint density at radius 3 is 2.70 bits per heavy atom. The van der Waals surface area contributed by atoms with Crippen molar-refractivity contribution in [2.45, 2.75) is 31.8 Å². The third-order valence-corrected chi connectivity index (χ3v) is 6.52. The predicted molar refractivity (Wildman–Crippen MR) is 91.6 cm³/mol. The van der Waals surface area contributed by atoms with Crippen LogP contribution in [0.15, 0.2) is 24.3 Å². The second kappa shape index (κ2) is 6.42. The summed E-state index contributed by atoms with van der Waals surface area (Å²) in [6, 6.07) is 6.62. The third kappa shape index (κ3) is 3.39. The number of carbonyl (C=O) groups is 1. The fourth-order valence-corrected chi connectivity index (χ4v) is 5.69. The van der Waals surface area contributed by atoms with Gasteiger partial charge in [0.05, 0.1) is 24.1 Å². The number of anilines is 1. The second-order valence-electron chi connectivity index (χ2n) is 6.28. The first-order chi connectivity index (χ1) is 10.9. The molecule has 0 saturated carbocycles. The van der Waals surface area contributed by atoms with Crippen LogP contribution in [0.25, 0.3) is 0 Å². The van der Waals surface area contributed by atoms with Gasteiger partial charge in [-0.3, -0.25) is 9.69 Å². The van der Waals surface area contributed by atoms with Crippen molar-refractivity contribution in [3.8, 4) is 0 Å². The Bertz CT molecular complexity index is 707. The fourth-order valence-electron chi connectivity index (χ4n) is 3.53. The molecule has 2 aliphatic heterocycles. The highest BCUT2D eigenvalue weighted by Crippen LogP contribution is 2.32. The smallest absolute Gasteiger partial charge is 0.241 e. The maximum atomic E-state index is 12.7. The number of benzene rings is 1. The molecule has 7 heteroatoms. The van der Waals surface area contributed by atoms with Crippen LogP contribution >= 0.6 is 11.6 Å². The van der Waals surface area contributed by atoms with Crippen molar-refractivity contribution >= 4 is 33.0 Å². The van der Waals surface area contributed by atoms with E-state index in [-0.39, 0.29) is 36.0 Å². The van der Waals surface area contributed by atoms with E-state index in [2.05, 4.69) is 6.92 Å². The minimum Gasteiger partial charge on any atom is -0.306 e. The summed E-state index contributed by atoms with van der Waals surface area (Å²) in [7, 11) is -3.13. The van der Waals surface area contributed by atoms with Crippen LogP contribution in [-0.4, -0.2) is 55.9 Å². The van der Waals surface area contributed by atoms with Crippen molar-refractivity contribution in [1.29, 1.82) is 0 Å². The van der Waals surface area contributed by atoms with Crippen LogP contribution < -0.4 is 4.90 Å². The van der Waals surface area contributed by atoms with Crippen LogP contribution in [-0.2, 0) is 14.6 Å². The van der Waals surface area contributed by atoms with Crippen molar-refractivity contribution in [2.75, 3.05) is 29.5 Å². The molecular weight excluding hydrogens is 336 g/mol. The SMILES string of the molecule is CCCCN1CC(=O)N(c2cccc(Cl)c2)[C@@H]2CS(=O)(=O)C[C@@H]21. The molecule has 0 N–H and O–H groups in total. The summed E-state index contributed by atoms with van der Waals surface area (Å²) in [5.41, 5.74) is 0.685. The van der Waals surface area contributed by atoms with E-state index in [4.69, 9.17) is 11.6 Å². The van der Waals surface area contributed by atoms with Crippen LogP contribution in [0.1, 0.15) is 19.8 Å². The van der Waals surface area contributed by atoms with Crippen molar-refractivity contribution in [3.05, 3.63) is 29.3 Å². The highest BCUT2D eigenvalue weighted by Gasteiger charge is 2.49. The Morgan fingerprint density at radius 1 is 1.26 bits per heavy atom. The number of halogens is 1. The molecular formula is C16H21ClN2O3S. The zero-order valence-electron chi connectivity index (χ0n) is 13.1. The van der Waals surface area contributed by atoms with Crippen LogP contribution in [0.2, 0.25) is 5.02 Å². The van der Waals surface area contributed by atoms with Gasteiger partial charge >= 0.3 is 0 Å². The lowest BCUT2D eigenvalue weighted by molar-refractivity contribution is -0.123. The normalized spacial score (nSPS) is 27.2. The maximum Gasteiger partial charge on any atom is 0.241 e. The first-order valence-electron chi connectivity index (χ1n) is 7.93. The van der Waals surface area contributed by atoms with E-state index >= 15 is 0 Å². The molecule has 2 aliphatic rings. The van der Waals surface area contributed by atoms with E-state index in [1.165, 1.54) is 0 Å². The number of piperazine rings is 1. The summed E-state index contributed by atoms with van der Waals surface area (Å²) in [4.78, 5) is 16.4. The number of unbranched alkanes of at least 4 members (excludes halogenated alkanes) is 1. The highest BCUT2D eigenvalue weighted by molar-refractivity contribution is 7.91. The average Bonchev–Trinajstić information content (AvgIpc) is 2.79. The number of hydrogen-bond acceptors (Lipinski definition) is 4. The third-order valence-electron chi connectivity index (χ3n) is 4.59. The number of hydrogen-bond donors (Lipinski definition) is 0. The minimum absolute atomic E-state index is 0.0263. The van der Waals surface area contributed by atoms with Gasteiger partial charge in [-0.25, -0.2) is 8.42 Å². The number of amides is 1.